The minimum atomic E-state index is -0.859. The Bertz CT molecular complexity index is 3600. The second-order valence-corrected chi connectivity index (χ2v) is 23.5. The number of hydrogen-bond donors (Lipinski definition) is 4. The number of Topliss-reactive ketones (excluding diaryl/α,β-unsaturated/α-hetero) is 2. The summed E-state index contributed by atoms with van der Waals surface area (Å²) >= 11 is 2.96. The quantitative estimate of drug-likeness (QED) is 0.0291. The molecule has 0 bridgehead atoms. The lowest BCUT2D eigenvalue weighted by Crippen LogP contribution is -2.44. The second-order valence-electron chi connectivity index (χ2n) is 21.5. The molecule has 1 unspecified atom stereocenters. The largest absolute Gasteiger partial charge is 0.493 e. The number of benzene rings is 4. The van der Waals surface area contributed by atoms with E-state index in [4.69, 9.17) is 14.2 Å². The highest BCUT2D eigenvalue weighted by atomic mass is 32.2. The molecule has 0 radical (unpaired) electrons. The van der Waals surface area contributed by atoms with Crippen LogP contribution in [0.25, 0.3) is 10.1 Å². The lowest BCUT2D eigenvalue weighted by molar-refractivity contribution is -0.138. The number of unbranched alkanes of at least 4 members (excludes halogenated alkanes) is 1. The molecule has 0 saturated carbocycles. The van der Waals surface area contributed by atoms with E-state index < -0.39 is 30.0 Å². The lowest BCUT2D eigenvalue weighted by atomic mass is 9.99. The van der Waals surface area contributed by atoms with Crippen LogP contribution in [0.15, 0.2) is 103 Å². The number of hydrogen-bond acceptors (Lipinski definition) is 15. The van der Waals surface area contributed by atoms with Gasteiger partial charge >= 0.3 is 6.09 Å². The summed E-state index contributed by atoms with van der Waals surface area (Å²) in [6.07, 6.45) is 5.35. The Morgan fingerprint density at radius 3 is 2.27 bits per heavy atom. The van der Waals surface area contributed by atoms with Crippen LogP contribution in [0.1, 0.15) is 104 Å². The molecule has 3 aliphatic rings. The predicted octanol–water partition coefficient (Wildman–Crippen LogP) is 9.33. The third kappa shape index (κ3) is 14.8. The number of methoxy groups -OCH3 is 1. The van der Waals surface area contributed by atoms with Gasteiger partial charge < -0.3 is 44.9 Å². The van der Waals surface area contributed by atoms with Gasteiger partial charge in [0.05, 0.1) is 54.5 Å². The highest BCUT2D eigenvalue weighted by Crippen LogP contribution is 2.43. The number of imide groups is 1. The van der Waals surface area contributed by atoms with Gasteiger partial charge in [0.15, 0.2) is 17.3 Å². The zero-order chi connectivity index (χ0) is 61.2. The van der Waals surface area contributed by atoms with Crippen LogP contribution in [-0.2, 0) is 47.0 Å². The van der Waals surface area contributed by atoms with Crippen molar-refractivity contribution in [3.63, 3.8) is 0 Å². The first kappa shape index (κ1) is 61.7. The smallest absolute Gasteiger partial charge is 0.419 e. The molecule has 4 N–H and O–H groups in total. The molecule has 86 heavy (non-hydrogen) atoms. The monoisotopic (exact) mass is 1210 g/mol. The van der Waals surface area contributed by atoms with Crippen molar-refractivity contribution in [2.24, 2.45) is 13.0 Å². The molecule has 450 valence electrons. The summed E-state index contributed by atoms with van der Waals surface area (Å²) in [7, 11) is 3.15. The van der Waals surface area contributed by atoms with E-state index >= 15 is 0 Å². The summed E-state index contributed by atoms with van der Waals surface area (Å²) in [5.41, 5.74) is 3.87. The summed E-state index contributed by atoms with van der Waals surface area (Å²) < 4.78 is 20.6. The van der Waals surface area contributed by atoms with E-state index in [0.717, 1.165) is 21.3 Å². The number of nitrogens with zero attached hydrogens (tertiary/aromatic N) is 4. The van der Waals surface area contributed by atoms with Crippen molar-refractivity contribution in [2.75, 3.05) is 58.8 Å². The number of thioether (sulfide) groups is 1. The van der Waals surface area contributed by atoms with Crippen molar-refractivity contribution < 1.29 is 62.2 Å². The Hall–Kier alpha value is -8.83. The van der Waals surface area contributed by atoms with Gasteiger partial charge in [0, 0.05) is 92.1 Å². The first-order valence-corrected chi connectivity index (χ1v) is 30.7. The minimum Gasteiger partial charge on any atom is -0.493 e. The lowest BCUT2D eigenvalue weighted by Gasteiger charge is -2.26. The number of nitrogens with one attached hydrogen (secondary N) is 4. The van der Waals surface area contributed by atoms with Crippen LogP contribution < -0.4 is 45.3 Å². The van der Waals surface area contributed by atoms with Gasteiger partial charge in [0.1, 0.15) is 17.2 Å². The maximum atomic E-state index is 14.6. The fourth-order valence-corrected chi connectivity index (χ4v) is 12.1. The Kier molecular flexibility index (Phi) is 20.0. The second kappa shape index (κ2) is 27.9. The van der Waals surface area contributed by atoms with Crippen LogP contribution in [-0.4, -0.2) is 119 Å². The number of ketones is 2. The molecule has 8 amide bonds. The average molecular weight is 1210 g/mol. The zero-order valence-electron chi connectivity index (χ0n) is 48.4. The summed E-state index contributed by atoms with van der Waals surface area (Å²) in [6.45, 7) is 3.47. The average Bonchev–Trinajstić information content (AvgIpc) is 1.86. The SMILES string of the molecule is COc1cc2c(cc1OCCCC(=O)Nc1cc(C(=O)Nc3ccc4sccc4c3)n(C)c1)N(C(=O)Oc1ccc(NC(=O)[C@@H](C)CC(=O)[C@@H](C)NC(=O)CCCCC(=O)CCCN3C(=O)CC(SC)C3=O)cc1)C[C@@H]1Cc3ccccc3N1C2=O. The number of aromatic nitrogens is 1. The highest BCUT2D eigenvalue weighted by Gasteiger charge is 2.43. The number of ether oxygens (including phenoxy) is 3. The minimum absolute atomic E-state index is 0.0173. The van der Waals surface area contributed by atoms with Gasteiger partial charge in [-0.05, 0) is 128 Å². The van der Waals surface area contributed by atoms with Crippen molar-refractivity contribution in [2.45, 2.75) is 102 Å². The Morgan fingerprint density at radius 2 is 1.50 bits per heavy atom. The number of anilines is 5. The van der Waals surface area contributed by atoms with Crippen molar-refractivity contribution in [1.29, 1.82) is 0 Å². The van der Waals surface area contributed by atoms with E-state index in [1.54, 1.807) is 78.4 Å². The van der Waals surface area contributed by atoms with Crippen LogP contribution in [0, 0.1) is 5.92 Å². The highest BCUT2D eigenvalue weighted by molar-refractivity contribution is 8.00. The fourth-order valence-electron chi connectivity index (χ4n) is 10.7. The number of thiophene rings is 1. The molecule has 5 heterocycles. The number of likely N-dealkylation sites (tertiary alicyclic amines) is 1. The van der Waals surface area contributed by atoms with E-state index in [0.29, 0.717) is 48.4 Å². The maximum Gasteiger partial charge on any atom is 0.419 e. The van der Waals surface area contributed by atoms with Gasteiger partial charge in [0.2, 0.25) is 29.5 Å². The van der Waals surface area contributed by atoms with Gasteiger partial charge in [-0.2, -0.15) is 11.8 Å². The van der Waals surface area contributed by atoms with Crippen LogP contribution in [0.2, 0.25) is 0 Å². The van der Waals surface area contributed by atoms with Gasteiger partial charge in [-0.15, -0.1) is 11.3 Å². The number of carbonyl (C=O) groups excluding carboxylic acids is 10. The molecule has 2 aromatic heterocycles. The molecule has 21 nitrogen and oxygen atoms in total. The molecule has 6 aromatic rings. The normalized spacial score (nSPS) is 15.9. The van der Waals surface area contributed by atoms with Crippen LogP contribution in [0.3, 0.4) is 0 Å². The third-order valence-electron chi connectivity index (χ3n) is 15.3. The molecule has 0 aliphatic carbocycles. The molecule has 3 aliphatic heterocycles. The van der Waals surface area contributed by atoms with Crippen LogP contribution in [0.4, 0.5) is 33.2 Å². The first-order valence-electron chi connectivity index (χ1n) is 28.5. The summed E-state index contributed by atoms with van der Waals surface area (Å²) in [5, 5.41) is 13.9. The molecule has 4 atom stereocenters. The number of rotatable bonds is 26. The van der Waals surface area contributed by atoms with Gasteiger partial charge in [-0.25, -0.2) is 4.79 Å². The number of amides is 8. The maximum absolute atomic E-state index is 14.6. The third-order valence-corrected chi connectivity index (χ3v) is 17.2. The van der Waals surface area contributed by atoms with Gasteiger partial charge in [-0.1, -0.05) is 25.1 Å². The topological polar surface area (TPSA) is 261 Å². The van der Waals surface area contributed by atoms with Crippen LogP contribution >= 0.6 is 23.1 Å². The Morgan fingerprint density at radius 1 is 0.756 bits per heavy atom. The zero-order valence-corrected chi connectivity index (χ0v) is 50.1. The Balaban J connectivity index is 0.754. The Labute approximate surface area is 505 Å². The molecule has 23 heteroatoms. The number of aryl methyl sites for hydroxylation is 1. The molecule has 9 rings (SSSR count). The van der Waals surface area contributed by atoms with Crippen molar-refractivity contribution in [1.82, 2.24) is 14.8 Å². The first-order chi connectivity index (χ1) is 41.4. The molecule has 4 aromatic carbocycles. The van der Waals surface area contributed by atoms with Crippen molar-refractivity contribution in [3.05, 3.63) is 119 Å². The number of carbonyl (C=O) groups is 10. The van der Waals surface area contributed by atoms with Crippen molar-refractivity contribution >= 4 is 121 Å². The van der Waals surface area contributed by atoms with Gasteiger partial charge in [-0.3, -0.25) is 53.0 Å². The summed E-state index contributed by atoms with van der Waals surface area (Å²) in [4.78, 5) is 136. The number of fused-ring (bicyclic) bond motifs is 5. The predicted molar refractivity (Wildman–Crippen MR) is 328 cm³/mol. The van der Waals surface area contributed by atoms with E-state index in [9.17, 15) is 47.9 Å². The van der Waals surface area contributed by atoms with E-state index in [-0.39, 0.29) is 145 Å². The fraction of sp³-hybridized carbons (Fsp3) is 0.365. The molecular formula is C63H68N8O13S2. The number of para-hydroxylation sites is 1. The van der Waals surface area contributed by atoms with E-state index in [1.807, 2.05) is 53.9 Å². The van der Waals surface area contributed by atoms with Crippen molar-refractivity contribution in [3.8, 4) is 17.2 Å². The van der Waals surface area contributed by atoms with Gasteiger partial charge in [0.25, 0.3) is 11.8 Å². The molecule has 1 fully saturated rings. The summed E-state index contributed by atoms with van der Waals surface area (Å²) in [6, 6.07) is 24.7. The van der Waals surface area contributed by atoms with E-state index in [2.05, 4.69) is 21.3 Å². The standard InChI is InChI=1S/C63H68N8O13S2/c1-37(28-51(73)38(2)64-56(74)16-9-7-13-45(72)14-10-25-69-58(76)34-55(85-5)62(69)80)59(77)66-41-18-21-46(22-19-41)84-63(81)70-36-44-30-39-12-6-8-15-48(39)71(44)61(79)47-32-52(82-4)53(33-49(47)70)83-26-11-17-57(75)65-43-31-50(68(3)35-43)60(78)67-42-20-23-54-40(29-42)24-27-86-54/h6,8,12,15,18-24,27,29,31-33,35,37-38,44,55H,7,9-11,13-14,16-17,25-26,28,30,34,36H2,1-5H3,(H,64,74)(H,65,75)(H,66,77)(H,67,78)/t37-,38+,44-,55?/m0/s1. The molecule has 0 spiro atoms. The molecular weight excluding hydrogens is 1140 g/mol. The van der Waals surface area contributed by atoms with E-state index in [1.165, 1.54) is 46.9 Å². The molecule has 1 saturated heterocycles. The summed E-state index contributed by atoms with van der Waals surface area (Å²) in [5.74, 6) is -2.77. The van der Waals surface area contributed by atoms with Crippen LogP contribution in [0.5, 0.6) is 17.2 Å².